The fourth-order valence-corrected chi connectivity index (χ4v) is 8.12. The van der Waals surface area contributed by atoms with E-state index in [9.17, 15) is 18.0 Å². The summed E-state index contributed by atoms with van der Waals surface area (Å²) in [4.78, 5) is 31.0. The van der Waals surface area contributed by atoms with Crippen LogP contribution in [0.3, 0.4) is 0 Å². The number of fused-ring (bicyclic) bond motifs is 3. The average Bonchev–Trinajstić information content (AvgIpc) is 3.44. The van der Waals surface area contributed by atoms with Crippen LogP contribution in [0.2, 0.25) is 0 Å². The number of rotatable bonds is 6. The van der Waals surface area contributed by atoms with Crippen molar-refractivity contribution in [1.82, 2.24) is 19.1 Å². The highest BCUT2D eigenvalue weighted by Crippen LogP contribution is 2.37. The smallest absolute Gasteiger partial charge is 0.253 e. The number of nitrogens with one attached hydrogen (secondary N) is 1. The Morgan fingerprint density at radius 3 is 2.55 bits per heavy atom. The van der Waals surface area contributed by atoms with Gasteiger partial charge in [-0.25, -0.2) is 12.4 Å². The second-order valence-corrected chi connectivity index (χ2v) is 14.2. The highest BCUT2D eigenvalue weighted by molar-refractivity contribution is 7.90. The molecule has 9 heteroatoms. The molecule has 8 nitrogen and oxygen atoms in total. The van der Waals surface area contributed by atoms with Gasteiger partial charge in [0.25, 0.3) is 5.91 Å². The first-order chi connectivity index (χ1) is 18.2. The van der Waals surface area contributed by atoms with Gasteiger partial charge in [-0.1, -0.05) is 12.8 Å². The number of carbonyl (C=O) groups excluding carboxylic acids is 2. The molecule has 1 N–H and O–H groups in total. The lowest BCUT2D eigenvalue weighted by Crippen LogP contribution is -2.52. The number of hydrogen-bond acceptors (Lipinski definition) is 5. The maximum atomic E-state index is 13.7. The van der Waals surface area contributed by atoms with Gasteiger partial charge in [0.1, 0.15) is 0 Å². The van der Waals surface area contributed by atoms with Gasteiger partial charge in [-0.15, -0.1) is 0 Å². The van der Waals surface area contributed by atoms with E-state index in [4.69, 9.17) is 0 Å². The van der Waals surface area contributed by atoms with Gasteiger partial charge in [-0.3, -0.25) is 14.5 Å². The van der Waals surface area contributed by atoms with Crippen LogP contribution in [0.25, 0.3) is 10.9 Å². The minimum atomic E-state index is -3.48. The number of likely N-dealkylation sites (tertiary alicyclic amines) is 1. The van der Waals surface area contributed by atoms with Crippen LogP contribution in [0.15, 0.2) is 18.2 Å². The first kappa shape index (κ1) is 25.9. The summed E-state index contributed by atoms with van der Waals surface area (Å²) in [7, 11) is -3.48. The Morgan fingerprint density at radius 1 is 1.08 bits per heavy atom. The largest absolute Gasteiger partial charge is 0.353 e. The molecule has 2 aliphatic carbocycles. The fraction of sp³-hybridized carbons (Fsp3) is 0.655. The summed E-state index contributed by atoms with van der Waals surface area (Å²) >= 11 is 0. The summed E-state index contributed by atoms with van der Waals surface area (Å²) in [6.07, 6.45) is 9.26. The minimum Gasteiger partial charge on any atom is -0.353 e. The second kappa shape index (κ2) is 9.66. The molecular formula is C29H40N4O4S. The van der Waals surface area contributed by atoms with E-state index in [-0.39, 0.29) is 17.6 Å². The molecule has 1 atom stereocenters. The van der Waals surface area contributed by atoms with E-state index in [1.807, 2.05) is 24.0 Å². The van der Waals surface area contributed by atoms with Crippen molar-refractivity contribution >= 4 is 32.7 Å². The summed E-state index contributed by atoms with van der Waals surface area (Å²) in [6.45, 7) is 6.28. The molecule has 38 heavy (non-hydrogen) atoms. The van der Waals surface area contributed by atoms with Gasteiger partial charge < -0.3 is 10.2 Å². The van der Waals surface area contributed by atoms with Crippen LogP contribution in [-0.2, 0) is 27.8 Å². The molecule has 2 aliphatic heterocycles. The summed E-state index contributed by atoms with van der Waals surface area (Å²) in [6, 6.07) is 6.35. The molecule has 206 valence electrons. The molecular weight excluding hydrogens is 500 g/mol. The molecule has 1 saturated heterocycles. The van der Waals surface area contributed by atoms with Crippen molar-refractivity contribution in [3.05, 3.63) is 35.0 Å². The van der Waals surface area contributed by atoms with Crippen molar-refractivity contribution in [2.45, 2.75) is 90.3 Å². The monoisotopic (exact) mass is 540 g/mol. The third-order valence-electron chi connectivity index (χ3n) is 9.31. The van der Waals surface area contributed by atoms with E-state index in [0.29, 0.717) is 42.7 Å². The normalized spacial score (nSPS) is 25.1. The van der Waals surface area contributed by atoms with E-state index >= 15 is 0 Å². The van der Waals surface area contributed by atoms with Crippen molar-refractivity contribution in [3.8, 4) is 0 Å². The first-order valence-corrected chi connectivity index (χ1v) is 16.0. The Morgan fingerprint density at radius 2 is 1.84 bits per heavy atom. The van der Waals surface area contributed by atoms with Crippen molar-refractivity contribution in [1.29, 1.82) is 0 Å². The quantitative estimate of drug-likeness (QED) is 0.604. The number of aromatic nitrogens is 1. The lowest BCUT2D eigenvalue weighted by molar-refractivity contribution is -0.132. The number of nitrogens with zero attached hydrogens (tertiary/aromatic N) is 3. The Labute approximate surface area is 225 Å². The Hall–Kier alpha value is -2.39. The number of hydrogen-bond donors (Lipinski definition) is 1. The lowest BCUT2D eigenvalue weighted by atomic mass is 9.80. The standard InChI is InChI=1S/C29H40N4O4S/c1-3-38(36,37)33-25-12-9-20(17-23(25)24-18-31(16-13-26(24)33)22-7-4-5-8-22)27(34)32-15-6-14-29(2,19-32)28(35)30-21-10-11-21/h9,12,17,21-22H,3-8,10-11,13-16,18-19H2,1-2H3,(H,30,35)/t29-/m1/s1. The van der Waals surface area contributed by atoms with Crippen molar-refractivity contribution in [3.63, 3.8) is 0 Å². The topological polar surface area (TPSA) is 91.7 Å². The first-order valence-electron chi connectivity index (χ1n) is 14.4. The molecule has 0 spiro atoms. The van der Waals surface area contributed by atoms with Crippen LogP contribution in [0.4, 0.5) is 0 Å². The molecule has 6 rings (SSSR count). The summed E-state index contributed by atoms with van der Waals surface area (Å²) < 4.78 is 28.0. The Kier molecular flexibility index (Phi) is 6.58. The second-order valence-electron chi connectivity index (χ2n) is 12.1. The van der Waals surface area contributed by atoms with Crippen LogP contribution in [0.1, 0.15) is 86.8 Å². The van der Waals surface area contributed by atoms with E-state index in [0.717, 1.165) is 55.4 Å². The fourth-order valence-electron chi connectivity index (χ4n) is 6.87. The molecule has 2 amide bonds. The van der Waals surface area contributed by atoms with Gasteiger partial charge >= 0.3 is 0 Å². The summed E-state index contributed by atoms with van der Waals surface area (Å²) in [5.74, 6) is 0.00199. The molecule has 4 aliphatic rings. The zero-order chi connectivity index (χ0) is 26.7. The van der Waals surface area contributed by atoms with E-state index in [1.54, 1.807) is 17.0 Å². The molecule has 1 aromatic carbocycles. The minimum absolute atomic E-state index is 0.0333. The summed E-state index contributed by atoms with van der Waals surface area (Å²) in [5.41, 5.74) is 2.59. The molecule has 3 heterocycles. The Bertz CT molecular complexity index is 1370. The van der Waals surface area contributed by atoms with Gasteiger partial charge in [0, 0.05) is 61.3 Å². The van der Waals surface area contributed by atoms with E-state index in [1.165, 1.54) is 25.7 Å². The Balaban J connectivity index is 1.34. The average molecular weight is 541 g/mol. The van der Waals surface area contributed by atoms with Crippen LogP contribution >= 0.6 is 0 Å². The van der Waals surface area contributed by atoms with Crippen LogP contribution in [0, 0.1) is 5.41 Å². The van der Waals surface area contributed by atoms with E-state index < -0.39 is 15.4 Å². The summed E-state index contributed by atoms with van der Waals surface area (Å²) in [5, 5.41) is 4.00. The zero-order valence-electron chi connectivity index (χ0n) is 22.7. The molecule has 0 radical (unpaired) electrons. The van der Waals surface area contributed by atoms with Gasteiger partial charge in [0.15, 0.2) is 0 Å². The maximum Gasteiger partial charge on any atom is 0.253 e. The van der Waals surface area contributed by atoms with E-state index in [2.05, 4.69) is 10.2 Å². The lowest BCUT2D eigenvalue weighted by Gasteiger charge is -2.39. The number of carbonyl (C=O) groups is 2. The zero-order valence-corrected chi connectivity index (χ0v) is 23.5. The third-order valence-corrected chi connectivity index (χ3v) is 11.0. The van der Waals surface area contributed by atoms with Gasteiger partial charge in [-0.05, 0) is 76.1 Å². The van der Waals surface area contributed by atoms with Gasteiger partial charge in [-0.2, -0.15) is 0 Å². The SMILES string of the molecule is CCS(=O)(=O)n1c2c(c3cc(C(=O)N4CCC[C@@](C)(C(=O)NC5CC5)C4)ccc31)CN(C1CCCC1)CC2. The number of benzene rings is 1. The molecule has 2 saturated carbocycles. The van der Waals surface area contributed by atoms with Crippen LogP contribution < -0.4 is 5.32 Å². The van der Waals surface area contributed by atoms with Gasteiger partial charge in [0.05, 0.1) is 16.7 Å². The highest BCUT2D eigenvalue weighted by Gasteiger charge is 2.41. The van der Waals surface area contributed by atoms with Crippen molar-refractivity contribution in [2.75, 3.05) is 25.4 Å². The number of piperidine rings is 1. The van der Waals surface area contributed by atoms with Crippen molar-refractivity contribution in [2.24, 2.45) is 5.41 Å². The van der Waals surface area contributed by atoms with Crippen LogP contribution in [-0.4, -0.2) is 71.5 Å². The molecule has 0 bridgehead atoms. The highest BCUT2D eigenvalue weighted by atomic mass is 32.2. The molecule has 2 aromatic rings. The number of amides is 2. The molecule has 3 fully saturated rings. The molecule has 0 unspecified atom stereocenters. The van der Waals surface area contributed by atoms with Gasteiger partial charge in [0.2, 0.25) is 15.9 Å². The third kappa shape index (κ3) is 4.55. The predicted molar refractivity (Wildman–Crippen MR) is 148 cm³/mol. The van der Waals surface area contributed by atoms with Crippen molar-refractivity contribution < 1.29 is 18.0 Å². The predicted octanol–water partition coefficient (Wildman–Crippen LogP) is 3.66. The maximum absolute atomic E-state index is 13.7. The van der Waals surface area contributed by atoms with Crippen LogP contribution in [0.5, 0.6) is 0 Å². The molecule has 1 aromatic heterocycles.